The van der Waals surface area contributed by atoms with Crippen LogP contribution in [0.15, 0.2) is 72.3 Å². The lowest BCUT2D eigenvalue weighted by molar-refractivity contribution is -0.112. The number of amides is 1. The molecule has 0 aliphatic carbocycles. The third-order valence-corrected chi connectivity index (χ3v) is 4.78. The van der Waals surface area contributed by atoms with Gasteiger partial charge < -0.3 is 10.1 Å². The number of ether oxygens (including phenoxy) is 1. The van der Waals surface area contributed by atoms with E-state index in [1.165, 1.54) is 6.08 Å². The summed E-state index contributed by atoms with van der Waals surface area (Å²) in [6, 6.07) is 22.4. The van der Waals surface area contributed by atoms with Gasteiger partial charge in [0.2, 0.25) is 0 Å². The topological polar surface area (TPSA) is 62.1 Å². The minimum absolute atomic E-state index is 0.00144. The van der Waals surface area contributed by atoms with E-state index in [1.807, 2.05) is 62.4 Å². The van der Waals surface area contributed by atoms with E-state index in [0.29, 0.717) is 28.6 Å². The van der Waals surface area contributed by atoms with Crippen molar-refractivity contribution in [2.45, 2.75) is 20.5 Å². The first-order chi connectivity index (χ1) is 14.5. The molecule has 0 atom stereocenters. The molecule has 0 saturated carbocycles. The van der Waals surface area contributed by atoms with Crippen molar-refractivity contribution in [3.63, 3.8) is 0 Å². The Hall–Kier alpha value is -3.55. The molecule has 0 saturated heterocycles. The van der Waals surface area contributed by atoms with Crippen LogP contribution < -0.4 is 10.1 Å². The number of carbonyl (C=O) groups excluding carboxylic acids is 1. The van der Waals surface area contributed by atoms with Gasteiger partial charge in [0.25, 0.3) is 5.91 Å². The lowest BCUT2D eigenvalue weighted by Crippen LogP contribution is -2.14. The van der Waals surface area contributed by atoms with Gasteiger partial charge in [-0.15, -0.1) is 0 Å². The Kier molecular flexibility index (Phi) is 6.90. The van der Waals surface area contributed by atoms with Crippen LogP contribution in [-0.4, -0.2) is 5.91 Å². The van der Waals surface area contributed by atoms with Gasteiger partial charge in [-0.1, -0.05) is 54.1 Å². The lowest BCUT2D eigenvalue weighted by Gasteiger charge is -2.11. The largest absolute Gasteiger partial charge is 0.488 e. The molecule has 5 heteroatoms. The summed E-state index contributed by atoms with van der Waals surface area (Å²) in [6.45, 7) is 4.20. The van der Waals surface area contributed by atoms with Crippen LogP contribution in [0.5, 0.6) is 5.75 Å². The van der Waals surface area contributed by atoms with Crippen molar-refractivity contribution in [3.05, 3.63) is 99.6 Å². The Morgan fingerprint density at radius 2 is 1.83 bits per heavy atom. The number of nitriles is 1. The number of aryl methyl sites for hydroxylation is 2. The Balaban J connectivity index is 1.80. The molecule has 1 N–H and O–H groups in total. The normalized spacial score (nSPS) is 10.9. The number of benzene rings is 3. The molecule has 0 aliphatic rings. The second kappa shape index (κ2) is 9.78. The third kappa shape index (κ3) is 5.50. The summed E-state index contributed by atoms with van der Waals surface area (Å²) in [5.41, 5.74) is 4.26. The van der Waals surface area contributed by atoms with E-state index in [0.717, 1.165) is 16.7 Å². The average molecular weight is 417 g/mol. The maximum Gasteiger partial charge on any atom is 0.266 e. The number of halogens is 1. The minimum atomic E-state index is -0.460. The summed E-state index contributed by atoms with van der Waals surface area (Å²) in [6.07, 6.45) is 1.54. The predicted octanol–water partition coefficient (Wildman–Crippen LogP) is 6.08. The van der Waals surface area contributed by atoms with E-state index < -0.39 is 5.91 Å². The first-order valence-electron chi connectivity index (χ1n) is 9.43. The fourth-order valence-corrected chi connectivity index (χ4v) is 2.96. The molecule has 30 heavy (non-hydrogen) atoms. The molecule has 0 spiro atoms. The first-order valence-corrected chi connectivity index (χ1v) is 9.81. The fraction of sp³-hybridized carbons (Fsp3) is 0.120. The second-order valence-electron chi connectivity index (χ2n) is 6.90. The highest BCUT2D eigenvalue weighted by Gasteiger charge is 2.12. The standard InChI is InChI=1S/C25H21ClN2O2/c1-17-7-8-18(2)23(13-17)28-25(29)21(15-27)14-20-5-3-4-6-24(20)30-16-19-9-11-22(26)12-10-19/h3-14H,16H2,1-2H3,(H,28,29)/b21-14+. The molecule has 0 aliphatic heterocycles. The van der Waals surface area contributed by atoms with Crippen LogP contribution in [0.2, 0.25) is 5.02 Å². The van der Waals surface area contributed by atoms with Crippen LogP contribution in [-0.2, 0) is 11.4 Å². The Bertz CT molecular complexity index is 1130. The van der Waals surface area contributed by atoms with Crippen molar-refractivity contribution in [2.24, 2.45) is 0 Å². The Morgan fingerprint density at radius 1 is 1.10 bits per heavy atom. The summed E-state index contributed by atoms with van der Waals surface area (Å²) < 4.78 is 5.91. The molecule has 0 aromatic heterocycles. The van der Waals surface area contributed by atoms with Crippen molar-refractivity contribution in [2.75, 3.05) is 5.32 Å². The van der Waals surface area contributed by atoms with Crippen LogP contribution >= 0.6 is 11.6 Å². The second-order valence-corrected chi connectivity index (χ2v) is 7.33. The number of carbonyl (C=O) groups is 1. The molecular weight excluding hydrogens is 396 g/mol. The maximum absolute atomic E-state index is 12.7. The van der Waals surface area contributed by atoms with Crippen molar-refractivity contribution in [1.29, 1.82) is 5.26 Å². The summed E-state index contributed by atoms with van der Waals surface area (Å²) >= 11 is 5.92. The van der Waals surface area contributed by atoms with E-state index in [2.05, 4.69) is 5.32 Å². The fourth-order valence-electron chi connectivity index (χ4n) is 2.84. The highest BCUT2D eigenvalue weighted by atomic mass is 35.5. The quantitative estimate of drug-likeness (QED) is 0.391. The Labute approximate surface area is 181 Å². The maximum atomic E-state index is 12.7. The Morgan fingerprint density at radius 3 is 2.57 bits per heavy atom. The van der Waals surface area contributed by atoms with E-state index in [-0.39, 0.29) is 5.57 Å². The molecule has 0 unspecified atom stereocenters. The van der Waals surface area contributed by atoms with Gasteiger partial charge in [0.1, 0.15) is 24.0 Å². The van der Waals surface area contributed by atoms with E-state index >= 15 is 0 Å². The molecule has 3 rings (SSSR count). The minimum Gasteiger partial charge on any atom is -0.488 e. The van der Waals surface area contributed by atoms with E-state index in [1.54, 1.807) is 24.3 Å². The van der Waals surface area contributed by atoms with Gasteiger partial charge in [0, 0.05) is 16.3 Å². The van der Waals surface area contributed by atoms with Crippen LogP contribution in [0, 0.1) is 25.2 Å². The molecule has 3 aromatic carbocycles. The number of para-hydroxylation sites is 1. The molecule has 4 nitrogen and oxygen atoms in total. The van der Waals surface area contributed by atoms with Gasteiger partial charge in [-0.3, -0.25) is 4.79 Å². The zero-order valence-corrected chi connectivity index (χ0v) is 17.5. The molecule has 1 amide bonds. The van der Waals surface area contributed by atoms with Crippen molar-refractivity contribution >= 4 is 29.3 Å². The van der Waals surface area contributed by atoms with E-state index in [9.17, 15) is 10.1 Å². The number of anilines is 1. The smallest absolute Gasteiger partial charge is 0.266 e. The van der Waals surface area contributed by atoms with Gasteiger partial charge >= 0.3 is 0 Å². The summed E-state index contributed by atoms with van der Waals surface area (Å²) in [5, 5.41) is 13.0. The van der Waals surface area contributed by atoms with Gasteiger partial charge in [0.05, 0.1) is 0 Å². The van der Waals surface area contributed by atoms with Gasteiger partial charge in [0.15, 0.2) is 0 Å². The molecule has 3 aromatic rings. The monoisotopic (exact) mass is 416 g/mol. The molecule has 150 valence electrons. The SMILES string of the molecule is Cc1ccc(C)c(NC(=O)/C(C#N)=C/c2ccccc2OCc2ccc(Cl)cc2)c1. The number of rotatable bonds is 6. The number of hydrogen-bond acceptors (Lipinski definition) is 3. The van der Waals surface area contributed by atoms with Crippen molar-refractivity contribution in [3.8, 4) is 11.8 Å². The van der Waals surface area contributed by atoms with Gasteiger partial charge in [-0.25, -0.2) is 0 Å². The van der Waals surface area contributed by atoms with E-state index in [4.69, 9.17) is 16.3 Å². The van der Waals surface area contributed by atoms with Gasteiger partial charge in [-0.05, 0) is 60.9 Å². The van der Waals surface area contributed by atoms with Crippen LogP contribution in [0.25, 0.3) is 6.08 Å². The third-order valence-electron chi connectivity index (χ3n) is 4.53. The summed E-state index contributed by atoms with van der Waals surface area (Å²) in [5.74, 6) is 0.124. The number of nitrogens with one attached hydrogen (secondary N) is 1. The zero-order valence-electron chi connectivity index (χ0n) is 16.8. The predicted molar refractivity (Wildman–Crippen MR) is 120 cm³/mol. The van der Waals surface area contributed by atoms with Crippen LogP contribution in [0.3, 0.4) is 0 Å². The van der Waals surface area contributed by atoms with Crippen molar-refractivity contribution < 1.29 is 9.53 Å². The number of hydrogen-bond donors (Lipinski definition) is 1. The summed E-state index contributed by atoms with van der Waals surface area (Å²) in [7, 11) is 0. The first kappa shape index (κ1) is 21.2. The molecule has 0 bridgehead atoms. The van der Waals surface area contributed by atoms with Crippen LogP contribution in [0.1, 0.15) is 22.3 Å². The number of nitrogens with zero attached hydrogens (tertiary/aromatic N) is 1. The molecular formula is C25H21ClN2O2. The van der Waals surface area contributed by atoms with Crippen LogP contribution in [0.4, 0.5) is 5.69 Å². The molecule has 0 fully saturated rings. The molecule has 0 radical (unpaired) electrons. The summed E-state index contributed by atoms with van der Waals surface area (Å²) in [4.78, 5) is 12.7. The average Bonchev–Trinajstić information content (AvgIpc) is 2.74. The van der Waals surface area contributed by atoms with Gasteiger partial charge in [-0.2, -0.15) is 5.26 Å². The van der Waals surface area contributed by atoms with Crippen molar-refractivity contribution in [1.82, 2.24) is 0 Å². The highest BCUT2D eigenvalue weighted by molar-refractivity contribution is 6.30. The lowest BCUT2D eigenvalue weighted by atomic mass is 10.1. The highest BCUT2D eigenvalue weighted by Crippen LogP contribution is 2.23. The zero-order chi connectivity index (χ0) is 21.5. The molecule has 0 heterocycles.